The van der Waals surface area contributed by atoms with Crippen LogP contribution >= 0.6 is 24.0 Å². The SMILES string of the molecule is CCNC(=NCc1cc(C(CC)CC)no1)N1CCS(=O)(=O)C(C)(C)C1.I. The van der Waals surface area contributed by atoms with Gasteiger partial charge in [-0.3, -0.25) is 0 Å². The first-order valence-electron chi connectivity index (χ1n) is 9.45. The molecule has 2 rings (SSSR count). The van der Waals surface area contributed by atoms with Gasteiger partial charge in [-0.05, 0) is 33.6 Å². The number of aromatic nitrogens is 1. The molecule has 0 saturated carbocycles. The van der Waals surface area contributed by atoms with Crippen LogP contribution in [0.25, 0.3) is 0 Å². The average Bonchev–Trinajstić information content (AvgIpc) is 3.04. The number of halogens is 1. The summed E-state index contributed by atoms with van der Waals surface area (Å²) in [6.07, 6.45) is 2.07. The summed E-state index contributed by atoms with van der Waals surface area (Å²) < 4.78 is 29.1. The molecule has 0 atom stereocenters. The van der Waals surface area contributed by atoms with Gasteiger partial charge in [0.2, 0.25) is 0 Å². The predicted octanol–water partition coefficient (Wildman–Crippen LogP) is 3.17. The van der Waals surface area contributed by atoms with Gasteiger partial charge in [0.25, 0.3) is 0 Å². The van der Waals surface area contributed by atoms with Gasteiger partial charge in [0.1, 0.15) is 6.54 Å². The number of nitrogens with zero attached hydrogens (tertiary/aromatic N) is 3. The van der Waals surface area contributed by atoms with Crippen LogP contribution in [0.3, 0.4) is 0 Å². The normalized spacial score (nSPS) is 19.0. The van der Waals surface area contributed by atoms with Crippen molar-refractivity contribution in [2.24, 2.45) is 4.99 Å². The van der Waals surface area contributed by atoms with Crippen molar-refractivity contribution in [3.8, 4) is 0 Å². The van der Waals surface area contributed by atoms with E-state index < -0.39 is 14.6 Å². The second-order valence-corrected chi connectivity index (χ2v) is 10.1. The van der Waals surface area contributed by atoms with Gasteiger partial charge in [0, 0.05) is 31.6 Å². The van der Waals surface area contributed by atoms with Gasteiger partial charge < -0.3 is 14.7 Å². The topological polar surface area (TPSA) is 87.8 Å². The fourth-order valence-corrected chi connectivity index (χ4v) is 4.57. The Kier molecular flexibility index (Phi) is 9.04. The number of hydrogen-bond acceptors (Lipinski definition) is 5. The summed E-state index contributed by atoms with van der Waals surface area (Å²) in [4.78, 5) is 6.66. The molecule has 2 heterocycles. The molecule has 0 aliphatic carbocycles. The molecule has 1 aliphatic rings. The number of sulfone groups is 1. The Bertz CT molecular complexity index is 727. The Labute approximate surface area is 180 Å². The first-order valence-corrected chi connectivity index (χ1v) is 11.1. The molecule has 0 spiro atoms. The number of rotatable bonds is 6. The lowest BCUT2D eigenvalue weighted by atomic mass is 9.99. The molecule has 9 heteroatoms. The Morgan fingerprint density at radius 3 is 2.59 bits per heavy atom. The van der Waals surface area contributed by atoms with Crippen molar-refractivity contribution in [3.63, 3.8) is 0 Å². The third-order valence-electron chi connectivity index (χ3n) is 5.04. The van der Waals surface area contributed by atoms with Crippen LogP contribution in [0.4, 0.5) is 0 Å². The zero-order chi connectivity index (χ0) is 19.4. The minimum atomic E-state index is -3.07. The van der Waals surface area contributed by atoms with Gasteiger partial charge in [-0.15, -0.1) is 24.0 Å². The second kappa shape index (κ2) is 10.1. The van der Waals surface area contributed by atoms with E-state index in [0.717, 1.165) is 36.8 Å². The number of hydrogen-bond donors (Lipinski definition) is 1. The molecule has 1 N–H and O–H groups in total. The summed E-state index contributed by atoms with van der Waals surface area (Å²) in [6, 6.07) is 1.98. The van der Waals surface area contributed by atoms with Gasteiger partial charge in [-0.1, -0.05) is 19.0 Å². The van der Waals surface area contributed by atoms with Gasteiger partial charge in [0.05, 0.1) is 16.2 Å². The van der Waals surface area contributed by atoms with Crippen molar-refractivity contribution < 1.29 is 12.9 Å². The molecule has 0 amide bonds. The molecule has 0 bridgehead atoms. The third kappa shape index (κ3) is 5.82. The molecule has 1 aromatic rings. The van der Waals surface area contributed by atoms with E-state index >= 15 is 0 Å². The van der Waals surface area contributed by atoms with Crippen LogP contribution in [0, 0.1) is 0 Å². The van der Waals surface area contributed by atoms with Crippen LogP contribution in [0.15, 0.2) is 15.6 Å². The molecular formula is C18H33IN4O3S. The van der Waals surface area contributed by atoms with Crippen LogP contribution < -0.4 is 5.32 Å². The van der Waals surface area contributed by atoms with E-state index in [4.69, 9.17) is 4.52 Å². The summed E-state index contributed by atoms with van der Waals surface area (Å²) in [6.45, 7) is 11.8. The molecule has 1 aliphatic heterocycles. The molecule has 0 aromatic carbocycles. The minimum absolute atomic E-state index is 0. The van der Waals surface area contributed by atoms with Gasteiger partial charge in [0.15, 0.2) is 21.6 Å². The van der Waals surface area contributed by atoms with E-state index in [1.54, 1.807) is 13.8 Å². The van der Waals surface area contributed by atoms with Crippen molar-refractivity contribution in [2.45, 2.75) is 64.7 Å². The van der Waals surface area contributed by atoms with Gasteiger partial charge >= 0.3 is 0 Å². The van der Waals surface area contributed by atoms with E-state index in [2.05, 4.69) is 29.3 Å². The maximum absolute atomic E-state index is 12.2. The standard InChI is InChI=1S/C18H32N4O3S.HI/c1-6-14(7-2)16-11-15(25-21-16)12-20-17(19-8-3)22-9-10-26(23,24)18(4,5)13-22;/h11,14H,6-10,12-13H2,1-5H3,(H,19,20);1H. The van der Waals surface area contributed by atoms with E-state index in [1.807, 2.05) is 17.9 Å². The fourth-order valence-electron chi connectivity index (χ4n) is 3.21. The number of aliphatic imine (C=N–C) groups is 1. The quantitative estimate of drug-likeness (QED) is 0.358. The maximum Gasteiger partial charge on any atom is 0.194 e. The molecule has 7 nitrogen and oxygen atoms in total. The second-order valence-electron chi connectivity index (χ2n) is 7.40. The first kappa shape index (κ1) is 24.2. The molecule has 1 saturated heterocycles. The van der Waals surface area contributed by atoms with Gasteiger partial charge in [-0.2, -0.15) is 0 Å². The minimum Gasteiger partial charge on any atom is -0.359 e. The monoisotopic (exact) mass is 512 g/mol. The lowest BCUT2D eigenvalue weighted by Gasteiger charge is -2.39. The zero-order valence-electron chi connectivity index (χ0n) is 17.0. The highest BCUT2D eigenvalue weighted by molar-refractivity contribution is 14.0. The van der Waals surface area contributed by atoms with Crippen molar-refractivity contribution in [1.82, 2.24) is 15.4 Å². The maximum atomic E-state index is 12.2. The van der Waals surface area contributed by atoms with Crippen LogP contribution in [0.1, 0.15) is 64.8 Å². The molecule has 0 radical (unpaired) electrons. The molecule has 1 fully saturated rings. The third-order valence-corrected chi connectivity index (χ3v) is 7.58. The Hall–Kier alpha value is -0.840. The van der Waals surface area contributed by atoms with Gasteiger partial charge in [-0.25, -0.2) is 13.4 Å². The van der Waals surface area contributed by atoms with Crippen molar-refractivity contribution in [3.05, 3.63) is 17.5 Å². The molecule has 27 heavy (non-hydrogen) atoms. The smallest absolute Gasteiger partial charge is 0.194 e. The highest BCUT2D eigenvalue weighted by Crippen LogP contribution is 2.24. The Morgan fingerprint density at radius 1 is 1.37 bits per heavy atom. The van der Waals surface area contributed by atoms with E-state index in [9.17, 15) is 8.42 Å². The fraction of sp³-hybridized carbons (Fsp3) is 0.778. The molecular weight excluding hydrogens is 479 g/mol. The van der Waals surface area contributed by atoms with E-state index in [1.165, 1.54) is 0 Å². The Morgan fingerprint density at radius 2 is 2.04 bits per heavy atom. The van der Waals surface area contributed by atoms with Crippen LogP contribution in [0.2, 0.25) is 0 Å². The lowest BCUT2D eigenvalue weighted by Crippen LogP contribution is -2.57. The predicted molar refractivity (Wildman–Crippen MR) is 119 cm³/mol. The lowest BCUT2D eigenvalue weighted by molar-refractivity contribution is 0.349. The average molecular weight is 512 g/mol. The highest BCUT2D eigenvalue weighted by atomic mass is 127. The van der Waals surface area contributed by atoms with Crippen LogP contribution in [0.5, 0.6) is 0 Å². The van der Waals surface area contributed by atoms with Crippen molar-refractivity contribution in [1.29, 1.82) is 0 Å². The number of guanidine groups is 1. The van der Waals surface area contributed by atoms with Crippen molar-refractivity contribution in [2.75, 3.05) is 25.4 Å². The molecule has 1 aromatic heterocycles. The molecule has 0 unspecified atom stereocenters. The highest BCUT2D eigenvalue weighted by Gasteiger charge is 2.40. The number of nitrogens with one attached hydrogen (secondary N) is 1. The summed E-state index contributed by atoms with van der Waals surface area (Å²) in [5.74, 6) is 2.01. The van der Waals surface area contributed by atoms with Crippen molar-refractivity contribution >= 4 is 39.8 Å². The zero-order valence-corrected chi connectivity index (χ0v) is 20.1. The Balaban J connectivity index is 0.00000364. The van der Waals surface area contributed by atoms with E-state index in [0.29, 0.717) is 25.6 Å². The molecule has 156 valence electrons. The summed E-state index contributed by atoms with van der Waals surface area (Å²) in [7, 11) is -3.07. The van der Waals surface area contributed by atoms with E-state index in [-0.39, 0.29) is 29.7 Å². The summed E-state index contributed by atoms with van der Waals surface area (Å²) in [5.41, 5.74) is 0.982. The summed E-state index contributed by atoms with van der Waals surface area (Å²) >= 11 is 0. The van der Waals surface area contributed by atoms with Crippen LogP contribution in [-0.2, 0) is 16.4 Å². The first-order chi connectivity index (χ1) is 12.2. The summed E-state index contributed by atoms with van der Waals surface area (Å²) in [5, 5.41) is 7.44. The largest absolute Gasteiger partial charge is 0.359 e. The van der Waals surface area contributed by atoms with Crippen LogP contribution in [-0.4, -0.2) is 54.6 Å².